The lowest BCUT2D eigenvalue weighted by Crippen LogP contribution is -2.17. The molecule has 3 aliphatic rings. The maximum atomic E-state index is 5.09. The number of aromatic nitrogens is 2. The number of allylic oxidation sites excluding steroid dienone is 8. The highest BCUT2D eigenvalue weighted by Gasteiger charge is 2.21. The maximum absolute atomic E-state index is 5.09. The Bertz CT molecular complexity index is 1290. The molecule has 2 heterocycles. The summed E-state index contributed by atoms with van der Waals surface area (Å²) in [6.07, 6.45) is 25.8. The van der Waals surface area contributed by atoms with Gasteiger partial charge in [-0.2, -0.15) is 0 Å². The number of nitrogens with one attached hydrogen (secondary N) is 1. The van der Waals surface area contributed by atoms with Gasteiger partial charge in [0.2, 0.25) is 5.95 Å². The van der Waals surface area contributed by atoms with E-state index in [1.54, 1.807) is 0 Å². The Hall–Kier alpha value is -3.79. The van der Waals surface area contributed by atoms with E-state index in [-0.39, 0.29) is 0 Å². The van der Waals surface area contributed by atoms with Gasteiger partial charge in [-0.25, -0.2) is 9.97 Å². The summed E-state index contributed by atoms with van der Waals surface area (Å²) in [6.45, 7) is 1.48. The minimum Gasteiger partial charge on any atom is -0.354 e. The van der Waals surface area contributed by atoms with Gasteiger partial charge in [-0.1, -0.05) is 123 Å². The van der Waals surface area contributed by atoms with Crippen molar-refractivity contribution < 1.29 is 0 Å². The molecule has 5 rings (SSSR count). The zero-order valence-corrected chi connectivity index (χ0v) is 21.5. The van der Waals surface area contributed by atoms with Crippen LogP contribution in [-0.4, -0.2) is 22.2 Å². The van der Waals surface area contributed by atoms with Gasteiger partial charge in [0.15, 0.2) is 0 Å². The number of hydrogen-bond acceptors (Lipinski definition) is 4. The molecule has 0 unspecified atom stereocenters. The molecule has 1 aliphatic heterocycles. The van der Waals surface area contributed by atoms with Gasteiger partial charge < -0.3 is 5.32 Å². The van der Waals surface area contributed by atoms with Crippen LogP contribution in [0.5, 0.6) is 0 Å². The molecule has 2 aliphatic carbocycles. The monoisotopic (exact) mass is 488 g/mol. The van der Waals surface area contributed by atoms with Crippen LogP contribution in [0.3, 0.4) is 0 Å². The summed E-state index contributed by atoms with van der Waals surface area (Å²) in [4.78, 5) is 14.9. The molecular formula is C33H36N4. The van der Waals surface area contributed by atoms with Crippen molar-refractivity contribution in [3.63, 3.8) is 0 Å². The normalized spacial score (nSPS) is 21.4. The van der Waals surface area contributed by atoms with E-state index in [1.165, 1.54) is 44.9 Å². The van der Waals surface area contributed by atoms with Crippen molar-refractivity contribution in [1.29, 1.82) is 0 Å². The molecule has 1 fully saturated rings. The Balaban J connectivity index is 1.53. The van der Waals surface area contributed by atoms with Crippen LogP contribution in [-0.2, 0) is 6.54 Å². The van der Waals surface area contributed by atoms with Gasteiger partial charge in [-0.3, -0.25) is 4.99 Å². The Morgan fingerprint density at radius 2 is 1.46 bits per heavy atom. The highest BCUT2D eigenvalue weighted by atomic mass is 15.1. The Kier molecular flexibility index (Phi) is 8.71. The number of fused-ring (bicyclic) bond motifs is 3. The van der Waals surface area contributed by atoms with Crippen molar-refractivity contribution in [3.05, 3.63) is 114 Å². The van der Waals surface area contributed by atoms with E-state index < -0.39 is 0 Å². The van der Waals surface area contributed by atoms with Crippen molar-refractivity contribution in [2.24, 2.45) is 10.9 Å². The third-order valence-electron chi connectivity index (χ3n) is 7.20. The zero-order valence-electron chi connectivity index (χ0n) is 21.5. The third kappa shape index (κ3) is 6.71. The first kappa shape index (κ1) is 24.9. The molecule has 1 aromatic carbocycles. The molecule has 0 spiro atoms. The lowest BCUT2D eigenvalue weighted by Gasteiger charge is -2.20. The Labute approximate surface area is 221 Å². The predicted octanol–water partition coefficient (Wildman–Crippen LogP) is 7.95. The second kappa shape index (κ2) is 13.0. The van der Waals surface area contributed by atoms with E-state index in [0.717, 1.165) is 40.2 Å². The molecule has 1 N–H and O–H groups in total. The standard InChI is InChI=1S/C33H36N4/c1-2-10-16-22-30-29(21-15-9-1)31(27-19-13-7-4-8-14-20-27)34-24-28-25-36-33(37-32(28)30)35-23-26-17-11-5-3-6-12-18-26/h1-2,4,7-10,13-16,19-22,25-26H,3,5-6,11-12,17-18,23-24H2,(H,35,36,37)/b2-1?,7-4-,8-4?,9-1?,10-2?,13-7?,14-8-,15-9?,16-10?,19-13-,20-14?,21-15?,22-16?,27-19?,27-20+,29-21?,30-22?. The summed E-state index contributed by atoms with van der Waals surface area (Å²) in [5.74, 6) is 1.40. The highest BCUT2D eigenvalue weighted by Crippen LogP contribution is 2.31. The topological polar surface area (TPSA) is 50.2 Å². The lowest BCUT2D eigenvalue weighted by atomic mass is 9.91. The van der Waals surface area contributed by atoms with E-state index in [9.17, 15) is 0 Å². The molecule has 0 amide bonds. The van der Waals surface area contributed by atoms with Crippen LogP contribution in [0.25, 0.3) is 11.3 Å². The highest BCUT2D eigenvalue weighted by molar-refractivity contribution is 6.18. The SMILES string of the molecule is C1=C\C=C/C(C2=NCc3cnc(NCC4CCCCCCC4)nc3-c3ccccccccc32)=C\C=C/1. The molecule has 4 heteroatoms. The zero-order chi connectivity index (χ0) is 25.1. The Morgan fingerprint density at radius 3 is 2.30 bits per heavy atom. The fourth-order valence-corrected chi connectivity index (χ4v) is 5.19. The van der Waals surface area contributed by atoms with Crippen LogP contribution in [0.1, 0.15) is 56.1 Å². The maximum Gasteiger partial charge on any atom is 0.223 e. The first-order valence-corrected chi connectivity index (χ1v) is 13.7. The molecule has 0 saturated heterocycles. The van der Waals surface area contributed by atoms with Gasteiger partial charge in [0.1, 0.15) is 0 Å². The first-order chi connectivity index (χ1) is 18.4. The van der Waals surface area contributed by atoms with Gasteiger partial charge in [-0.15, -0.1) is 0 Å². The first-order valence-electron chi connectivity index (χ1n) is 13.7. The Morgan fingerprint density at radius 1 is 0.757 bits per heavy atom. The van der Waals surface area contributed by atoms with Gasteiger partial charge in [0.25, 0.3) is 0 Å². The van der Waals surface area contributed by atoms with E-state index in [0.29, 0.717) is 18.4 Å². The van der Waals surface area contributed by atoms with Crippen molar-refractivity contribution >= 4 is 11.7 Å². The largest absolute Gasteiger partial charge is 0.354 e. The number of anilines is 1. The average molecular weight is 489 g/mol. The fourth-order valence-electron chi connectivity index (χ4n) is 5.19. The van der Waals surface area contributed by atoms with Crippen LogP contribution >= 0.6 is 0 Å². The average Bonchev–Trinajstić information content (AvgIpc) is 3.02. The molecular weight excluding hydrogens is 452 g/mol. The summed E-state index contributed by atoms with van der Waals surface area (Å²) in [5, 5.41) is 3.58. The van der Waals surface area contributed by atoms with Crippen LogP contribution in [0.2, 0.25) is 0 Å². The molecule has 37 heavy (non-hydrogen) atoms. The smallest absolute Gasteiger partial charge is 0.223 e. The molecule has 1 saturated carbocycles. The van der Waals surface area contributed by atoms with Crippen LogP contribution in [0.15, 0.2) is 108 Å². The summed E-state index contributed by atoms with van der Waals surface area (Å²) >= 11 is 0. The quantitative estimate of drug-likeness (QED) is 0.475. The van der Waals surface area contributed by atoms with Crippen molar-refractivity contribution in [1.82, 2.24) is 9.97 Å². The van der Waals surface area contributed by atoms with Crippen LogP contribution in [0, 0.1) is 5.92 Å². The van der Waals surface area contributed by atoms with E-state index in [2.05, 4.69) is 66.0 Å². The number of nitrogens with zero attached hydrogens (tertiary/aromatic N) is 3. The van der Waals surface area contributed by atoms with Gasteiger partial charge in [0, 0.05) is 35.0 Å². The van der Waals surface area contributed by atoms with Gasteiger partial charge in [-0.05, 0) is 18.8 Å². The summed E-state index contributed by atoms with van der Waals surface area (Å²) in [7, 11) is 0. The minimum absolute atomic E-state index is 0.540. The molecule has 0 bridgehead atoms. The minimum atomic E-state index is 0.540. The molecule has 2 aromatic rings. The second-order valence-corrected chi connectivity index (χ2v) is 9.89. The number of hydrogen-bond donors (Lipinski definition) is 1. The van der Waals surface area contributed by atoms with Crippen molar-refractivity contribution in [2.75, 3.05) is 11.9 Å². The van der Waals surface area contributed by atoms with Crippen LogP contribution in [0.4, 0.5) is 5.95 Å². The van der Waals surface area contributed by atoms with Crippen LogP contribution < -0.4 is 5.32 Å². The van der Waals surface area contributed by atoms with E-state index in [1.807, 2.05) is 36.6 Å². The van der Waals surface area contributed by atoms with E-state index >= 15 is 0 Å². The molecule has 4 nitrogen and oxygen atoms in total. The number of aliphatic imine (C=N–C) groups is 1. The van der Waals surface area contributed by atoms with Crippen molar-refractivity contribution in [2.45, 2.75) is 51.5 Å². The fraction of sp³-hybridized carbons (Fsp3) is 0.303. The summed E-state index contributed by atoms with van der Waals surface area (Å²) in [6, 6.07) is 16.7. The lowest BCUT2D eigenvalue weighted by molar-refractivity contribution is 0.392. The molecule has 188 valence electrons. The van der Waals surface area contributed by atoms with Gasteiger partial charge >= 0.3 is 0 Å². The predicted molar refractivity (Wildman–Crippen MR) is 155 cm³/mol. The molecule has 0 atom stereocenters. The third-order valence-corrected chi connectivity index (χ3v) is 7.20. The second-order valence-electron chi connectivity index (χ2n) is 9.89. The number of rotatable bonds is 4. The van der Waals surface area contributed by atoms with E-state index in [4.69, 9.17) is 15.0 Å². The molecule has 1 aromatic heterocycles. The summed E-state index contributed by atoms with van der Waals surface area (Å²) in [5.41, 5.74) is 6.16. The van der Waals surface area contributed by atoms with Crippen molar-refractivity contribution in [3.8, 4) is 11.3 Å². The molecule has 0 radical (unpaired) electrons. The summed E-state index contributed by atoms with van der Waals surface area (Å²) < 4.78 is 0. The van der Waals surface area contributed by atoms with Gasteiger partial charge in [0.05, 0.1) is 18.0 Å².